The zero-order chi connectivity index (χ0) is 18.2. The number of nitrogens with two attached hydrogens (primary N) is 1. The van der Waals surface area contributed by atoms with Crippen LogP contribution in [0.1, 0.15) is 21.6 Å². The summed E-state index contributed by atoms with van der Waals surface area (Å²) in [7, 11) is 0. The molecule has 0 fully saturated rings. The number of aromatic nitrogens is 2. The van der Waals surface area contributed by atoms with Crippen LogP contribution in [-0.2, 0) is 6.18 Å². The standard InChI is InChI=1S/C13H7F3N4O4/c14-13(15,16)9-4-10(21)19(12(24)20(9)18)7-2-1-6(5-17)8(3-7)11(22)23/h1-4H,18H2,(H,22,23). The number of nitrogen functional groups attached to an aromatic ring is 1. The number of aromatic carboxylic acids is 1. The van der Waals surface area contributed by atoms with E-state index in [2.05, 4.69) is 0 Å². The van der Waals surface area contributed by atoms with Crippen molar-refractivity contribution < 1.29 is 23.1 Å². The Balaban J connectivity index is 2.81. The number of hydrogen-bond donors (Lipinski definition) is 2. The summed E-state index contributed by atoms with van der Waals surface area (Å²) in [5.41, 5.74) is -5.63. The number of nitrogens with zero attached hydrogens (tertiary/aromatic N) is 3. The summed E-state index contributed by atoms with van der Waals surface area (Å²) in [6.45, 7) is 0. The molecule has 24 heavy (non-hydrogen) atoms. The molecule has 1 aromatic carbocycles. The van der Waals surface area contributed by atoms with Crippen molar-refractivity contribution in [2.24, 2.45) is 0 Å². The van der Waals surface area contributed by atoms with Crippen molar-refractivity contribution in [2.45, 2.75) is 6.18 Å². The number of carboxylic acid groups (broad SMARTS) is 1. The van der Waals surface area contributed by atoms with E-state index in [1.54, 1.807) is 6.07 Å². The Morgan fingerprint density at radius 1 is 1.25 bits per heavy atom. The van der Waals surface area contributed by atoms with Crippen LogP contribution in [0.25, 0.3) is 5.69 Å². The molecular formula is C13H7F3N4O4. The van der Waals surface area contributed by atoms with E-state index in [4.69, 9.17) is 16.2 Å². The summed E-state index contributed by atoms with van der Waals surface area (Å²) in [5, 5.41) is 17.8. The molecule has 0 aliphatic rings. The highest BCUT2D eigenvalue weighted by atomic mass is 19.4. The van der Waals surface area contributed by atoms with E-state index in [1.165, 1.54) is 0 Å². The number of rotatable bonds is 2. The fourth-order valence-corrected chi connectivity index (χ4v) is 1.96. The van der Waals surface area contributed by atoms with Gasteiger partial charge in [-0.05, 0) is 18.2 Å². The highest BCUT2D eigenvalue weighted by Gasteiger charge is 2.35. The van der Waals surface area contributed by atoms with E-state index in [0.717, 1.165) is 18.2 Å². The molecule has 3 N–H and O–H groups in total. The van der Waals surface area contributed by atoms with Crippen molar-refractivity contribution in [1.82, 2.24) is 9.24 Å². The number of alkyl halides is 3. The van der Waals surface area contributed by atoms with Gasteiger partial charge in [0.15, 0.2) is 5.69 Å². The largest absolute Gasteiger partial charge is 0.478 e. The van der Waals surface area contributed by atoms with Crippen molar-refractivity contribution >= 4 is 5.97 Å². The minimum Gasteiger partial charge on any atom is -0.478 e. The molecule has 0 aliphatic carbocycles. The van der Waals surface area contributed by atoms with Gasteiger partial charge >= 0.3 is 17.8 Å². The van der Waals surface area contributed by atoms with Crippen LogP contribution in [0.4, 0.5) is 13.2 Å². The van der Waals surface area contributed by atoms with Crippen LogP contribution in [0.2, 0.25) is 0 Å². The maximum atomic E-state index is 12.7. The molecular weight excluding hydrogens is 333 g/mol. The molecule has 0 aliphatic heterocycles. The summed E-state index contributed by atoms with van der Waals surface area (Å²) in [4.78, 5) is 35.0. The van der Waals surface area contributed by atoms with Crippen LogP contribution in [0.5, 0.6) is 0 Å². The van der Waals surface area contributed by atoms with Crippen LogP contribution in [0, 0.1) is 11.3 Å². The lowest BCUT2D eigenvalue weighted by molar-refractivity contribution is -0.143. The van der Waals surface area contributed by atoms with E-state index < -0.39 is 34.7 Å². The Labute approximate surface area is 130 Å². The summed E-state index contributed by atoms with van der Waals surface area (Å²) >= 11 is 0. The fraction of sp³-hybridized carbons (Fsp3) is 0.0769. The van der Waals surface area contributed by atoms with Gasteiger partial charge in [-0.1, -0.05) is 0 Å². The van der Waals surface area contributed by atoms with Crippen LogP contribution >= 0.6 is 0 Å². The van der Waals surface area contributed by atoms with E-state index in [0.29, 0.717) is 0 Å². The molecule has 0 saturated heterocycles. The first-order chi connectivity index (χ1) is 11.1. The first-order valence-electron chi connectivity index (χ1n) is 6.07. The average Bonchev–Trinajstić information content (AvgIpc) is 2.49. The monoisotopic (exact) mass is 340 g/mol. The maximum Gasteiger partial charge on any atom is 0.433 e. The molecule has 0 unspecified atom stereocenters. The molecule has 0 amide bonds. The molecule has 0 radical (unpaired) electrons. The molecule has 0 atom stereocenters. The summed E-state index contributed by atoms with van der Waals surface area (Å²) in [6.07, 6.45) is -5.02. The third-order valence-electron chi connectivity index (χ3n) is 3.04. The second kappa shape index (κ2) is 5.58. The van der Waals surface area contributed by atoms with Gasteiger partial charge in [-0.2, -0.15) is 18.4 Å². The van der Waals surface area contributed by atoms with Crippen molar-refractivity contribution in [1.29, 1.82) is 5.26 Å². The molecule has 11 heteroatoms. The number of benzene rings is 1. The van der Waals surface area contributed by atoms with Crippen LogP contribution < -0.4 is 17.1 Å². The predicted molar refractivity (Wildman–Crippen MR) is 73.1 cm³/mol. The molecule has 0 saturated carbocycles. The van der Waals surface area contributed by atoms with Crippen LogP contribution in [0.3, 0.4) is 0 Å². The third kappa shape index (κ3) is 2.72. The number of carbonyl (C=O) groups is 1. The quantitative estimate of drug-likeness (QED) is 0.756. The van der Waals surface area contributed by atoms with Gasteiger partial charge in [0.05, 0.1) is 16.8 Å². The number of halogens is 3. The van der Waals surface area contributed by atoms with Gasteiger partial charge in [-0.3, -0.25) is 4.79 Å². The van der Waals surface area contributed by atoms with Gasteiger partial charge < -0.3 is 10.9 Å². The molecule has 2 rings (SSSR count). The highest BCUT2D eigenvalue weighted by Crippen LogP contribution is 2.26. The van der Waals surface area contributed by atoms with Crippen molar-refractivity contribution in [2.75, 3.05) is 5.84 Å². The second-order valence-electron chi connectivity index (χ2n) is 4.50. The van der Waals surface area contributed by atoms with Gasteiger partial charge in [0.2, 0.25) is 0 Å². The van der Waals surface area contributed by atoms with Crippen molar-refractivity contribution in [3.63, 3.8) is 0 Å². The van der Waals surface area contributed by atoms with Gasteiger partial charge in [0.25, 0.3) is 5.56 Å². The lowest BCUT2D eigenvalue weighted by atomic mass is 10.1. The lowest BCUT2D eigenvalue weighted by Gasteiger charge is -2.13. The summed E-state index contributed by atoms with van der Waals surface area (Å²) in [6, 6.07) is 4.59. The maximum absolute atomic E-state index is 12.7. The number of carboxylic acids is 1. The fourth-order valence-electron chi connectivity index (χ4n) is 1.96. The Bertz CT molecular complexity index is 998. The minimum absolute atomic E-state index is 0.111. The smallest absolute Gasteiger partial charge is 0.433 e. The van der Waals surface area contributed by atoms with Crippen molar-refractivity contribution in [3.05, 3.63) is 61.9 Å². The molecule has 1 heterocycles. The van der Waals surface area contributed by atoms with Crippen LogP contribution in [-0.4, -0.2) is 20.3 Å². The summed E-state index contributed by atoms with van der Waals surface area (Å²) in [5.74, 6) is 3.57. The first kappa shape index (κ1) is 16.8. The zero-order valence-corrected chi connectivity index (χ0v) is 11.5. The molecule has 124 valence electrons. The Morgan fingerprint density at radius 2 is 1.88 bits per heavy atom. The average molecular weight is 340 g/mol. The van der Waals surface area contributed by atoms with Crippen molar-refractivity contribution in [3.8, 4) is 11.8 Å². The number of nitriles is 1. The van der Waals surface area contributed by atoms with E-state index >= 15 is 0 Å². The topological polar surface area (TPSA) is 131 Å². The Kier molecular flexibility index (Phi) is 3.91. The summed E-state index contributed by atoms with van der Waals surface area (Å²) < 4.78 is 38.1. The van der Waals surface area contributed by atoms with Gasteiger partial charge in [0, 0.05) is 6.07 Å². The molecule has 2 aromatic rings. The molecule has 8 nitrogen and oxygen atoms in total. The number of hydrogen-bond acceptors (Lipinski definition) is 5. The zero-order valence-electron chi connectivity index (χ0n) is 11.5. The lowest BCUT2D eigenvalue weighted by Crippen LogP contribution is -2.45. The molecule has 1 aromatic heterocycles. The molecule has 0 spiro atoms. The predicted octanol–water partition coefficient (Wildman–Crippen LogP) is 0.302. The molecule has 0 bridgehead atoms. The SMILES string of the molecule is N#Cc1ccc(-n2c(=O)cc(C(F)(F)F)n(N)c2=O)cc1C(=O)O. The Hall–Kier alpha value is -3.55. The normalized spacial score (nSPS) is 11.1. The minimum atomic E-state index is -5.02. The Morgan fingerprint density at radius 3 is 2.38 bits per heavy atom. The third-order valence-corrected chi connectivity index (χ3v) is 3.04. The second-order valence-corrected chi connectivity index (χ2v) is 4.50. The van der Waals surface area contributed by atoms with Gasteiger partial charge in [0.1, 0.15) is 6.07 Å². The first-order valence-corrected chi connectivity index (χ1v) is 6.07. The van der Waals surface area contributed by atoms with Crippen LogP contribution in [0.15, 0.2) is 33.9 Å². The van der Waals surface area contributed by atoms with Gasteiger partial charge in [-0.15, -0.1) is 0 Å². The van der Waals surface area contributed by atoms with E-state index in [-0.39, 0.29) is 26.6 Å². The van der Waals surface area contributed by atoms with E-state index in [9.17, 15) is 27.6 Å². The van der Waals surface area contributed by atoms with E-state index in [1.807, 2.05) is 0 Å². The highest BCUT2D eigenvalue weighted by molar-refractivity contribution is 5.91. The van der Waals surface area contributed by atoms with Gasteiger partial charge in [-0.25, -0.2) is 18.8 Å².